The van der Waals surface area contributed by atoms with Crippen molar-refractivity contribution in [1.82, 2.24) is 10.2 Å². The summed E-state index contributed by atoms with van der Waals surface area (Å²) in [5, 5.41) is 20.1. The molecule has 1 aromatic rings. The molecule has 0 aromatic carbocycles. The first kappa shape index (κ1) is 10.4. The van der Waals surface area contributed by atoms with Crippen molar-refractivity contribution < 1.29 is 5.11 Å². The van der Waals surface area contributed by atoms with E-state index in [2.05, 4.69) is 15.5 Å². The van der Waals surface area contributed by atoms with Gasteiger partial charge in [-0.1, -0.05) is 0 Å². The first-order chi connectivity index (χ1) is 7.24. The Bertz CT molecular complexity index is 336. The van der Waals surface area contributed by atoms with Crippen molar-refractivity contribution in [1.29, 1.82) is 0 Å². The Kier molecular flexibility index (Phi) is 2.86. The second kappa shape index (κ2) is 4.14. The summed E-state index contributed by atoms with van der Waals surface area (Å²) in [6.07, 6.45) is 5.05. The molecule has 1 fully saturated rings. The highest BCUT2D eigenvalue weighted by Crippen LogP contribution is 2.48. The third-order valence-electron chi connectivity index (χ3n) is 3.03. The molecule has 1 aliphatic rings. The van der Waals surface area contributed by atoms with Crippen LogP contribution in [0.2, 0.25) is 0 Å². The van der Waals surface area contributed by atoms with E-state index in [4.69, 9.17) is 5.11 Å². The highest BCUT2D eigenvalue weighted by Gasteiger charge is 2.41. The Balaban J connectivity index is 1.88. The standard InChI is InChI=1S/C11H17N3O/c1-9-6-10(14-13-7-9)12-8-11(2-3-11)4-5-15/h6-7,15H,2-5,8H2,1H3,(H,12,14). The first-order valence-electron chi connectivity index (χ1n) is 5.38. The number of aliphatic hydroxyl groups is 1. The third kappa shape index (κ3) is 2.65. The molecule has 4 nitrogen and oxygen atoms in total. The van der Waals surface area contributed by atoms with Crippen molar-refractivity contribution in [3.8, 4) is 0 Å². The molecule has 4 heteroatoms. The van der Waals surface area contributed by atoms with E-state index in [1.54, 1.807) is 6.20 Å². The molecule has 0 radical (unpaired) electrons. The van der Waals surface area contributed by atoms with Gasteiger partial charge in [0.2, 0.25) is 0 Å². The maximum absolute atomic E-state index is 8.93. The van der Waals surface area contributed by atoms with Crippen LogP contribution in [-0.2, 0) is 0 Å². The molecular formula is C11H17N3O. The summed E-state index contributed by atoms with van der Waals surface area (Å²) in [5.74, 6) is 0.833. The minimum absolute atomic E-state index is 0.279. The van der Waals surface area contributed by atoms with Crippen molar-refractivity contribution >= 4 is 5.82 Å². The minimum Gasteiger partial charge on any atom is -0.396 e. The lowest BCUT2D eigenvalue weighted by atomic mass is 10.0. The van der Waals surface area contributed by atoms with Gasteiger partial charge in [-0.2, -0.15) is 5.10 Å². The lowest BCUT2D eigenvalue weighted by Gasteiger charge is -2.14. The highest BCUT2D eigenvalue weighted by molar-refractivity contribution is 5.35. The Morgan fingerprint density at radius 1 is 1.53 bits per heavy atom. The molecule has 2 N–H and O–H groups in total. The Morgan fingerprint density at radius 3 is 2.93 bits per heavy atom. The van der Waals surface area contributed by atoms with Crippen LogP contribution in [0.15, 0.2) is 12.3 Å². The normalized spacial score (nSPS) is 17.5. The van der Waals surface area contributed by atoms with E-state index in [1.165, 1.54) is 12.8 Å². The van der Waals surface area contributed by atoms with Gasteiger partial charge in [0.25, 0.3) is 0 Å². The van der Waals surface area contributed by atoms with Gasteiger partial charge in [-0.3, -0.25) is 0 Å². The van der Waals surface area contributed by atoms with Gasteiger partial charge in [-0.05, 0) is 43.2 Å². The second-order valence-corrected chi connectivity index (χ2v) is 4.45. The van der Waals surface area contributed by atoms with Crippen molar-refractivity contribution in [2.24, 2.45) is 5.41 Å². The van der Waals surface area contributed by atoms with E-state index in [0.717, 1.165) is 24.3 Å². The molecule has 82 valence electrons. The molecule has 0 aliphatic heterocycles. The van der Waals surface area contributed by atoms with E-state index in [1.807, 2.05) is 13.0 Å². The van der Waals surface area contributed by atoms with Crippen LogP contribution in [0, 0.1) is 12.3 Å². The predicted octanol–water partition coefficient (Wildman–Crippen LogP) is 1.36. The number of aliphatic hydroxyl groups excluding tert-OH is 1. The number of rotatable bonds is 5. The van der Waals surface area contributed by atoms with E-state index < -0.39 is 0 Å². The maximum Gasteiger partial charge on any atom is 0.148 e. The molecular weight excluding hydrogens is 190 g/mol. The lowest BCUT2D eigenvalue weighted by Crippen LogP contribution is -2.17. The summed E-state index contributed by atoms with van der Waals surface area (Å²) in [6, 6.07) is 1.99. The highest BCUT2D eigenvalue weighted by atomic mass is 16.3. The lowest BCUT2D eigenvalue weighted by molar-refractivity contribution is 0.253. The van der Waals surface area contributed by atoms with Crippen LogP contribution in [0.5, 0.6) is 0 Å². The molecule has 0 unspecified atom stereocenters. The summed E-state index contributed by atoms with van der Waals surface area (Å²) in [5.41, 5.74) is 1.43. The van der Waals surface area contributed by atoms with Crippen LogP contribution in [0.1, 0.15) is 24.8 Å². The summed E-state index contributed by atoms with van der Waals surface area (Å²) < 4.78 is 0. The van der Waals surface area contributed by atoms with Gasteiger partial charge in [0.15, 0.2) is 0 Å². The van der Waals surface area contributed by atoms with E-state index in [0.29, 0.717) is 5.41 Å². The summed E-state index contributed by atoms with van der Waals surface area (Å²) in [4.78, 5) is 0. The zero-order chi connectivity index (χ0) is 10.7. The average molecular weight is 207 g/mol. The van der Waals surface area contributed by atoms with Crippen molar-refractivity contribution in [3.05, 3.63) is 17.8 Å². The largest absolute Gasteiger partial charge is 0.396 e. The summed E-state index contributed by atoms with van der Waals surface area (Å²) >= 11 is 0. The smallest absolute Gasteiger partial charge is 0.148 e. The number of aryl methyl sites for hydroxylation is 1. The SMILES string of the molecule is Cc1cnnc(NCC2(CCO)CC2)c1. The van der Waals surface area contributed by atoms with Crippen LogP contribution in [-0.4, -0.2) is 28.5 Å². The van der Waals surface area contributed by atoms with Crippen LogP contribution in [0.4, 0.5) is 5.82 Å². The molecule has 1 aromatic heterocycles. The van der Waals surface area contributed by atoms with Gasteiger partial charge in [-0.25, -0.2) is 0 Å². The van der Waals surface area contributed by atoms with E-state index in [9.17, 15) is 0 Å². The molecule has 0 atom stereocenters. The van der Waals surface area contributed by atoms with E-state index in [-0.39, 0.29) is 6.61 Å². The topological polar surface area (TPSA) is 58.0 Å². The van der Waals surface area contributed by atoms with Crippen LogP contribution in [0.25, 0.3) is 0 Å². The van der Waals surface area contributed by atoms with Crippen molar-refractivity contribution in [2.75, 3.05) is 18.5 Å². The minimum atomic E-state index is 0.279. The quantitative estimate of drug-likeness (QED) is 0.765. The number of anilines is 1. The molecule has 2 rings (SSSR count). The fourth-order valence-corrected chi connectivity index (χ4v) is 1.76. The summed E-state index contributed by atoms with van der Waals surface area (Å²) in [6.45, 7) is 3.17. The Morgan fingerprint density at radius 2 is 2.33 bits per heavy atom. The summed E-state index contributed by atoms with van der Waals surface area (Å²) in [7, 11) is 0. The molecule has 0 amide bonds. The fourth-order valence-electron chi connectivity index (χ4n) is 1.76. The molecule has 0 spiro atoms. The average Bonchev–Trinajstić information content (AvgIpc) is 2.97. The van der Waals surface area contributed by atoms with Crippen molar-refractivity contribution in [3.63, 3.8) is 0 Å². The molecule has 0 bridgehead atoms. The van der Waals surface area contributed by atoms with Gasteiger partial charge >= 0.3 is 0 Å². The molecule has 1 aliphatic carbocycles. The van der Waals surface area contributed by atoms with Gasteiger partial charge < -0.3 is 10.4 Å². The van der Waals surface area contributed by atoms with Crippen LogP contribution < -0.4 is 5.32 Å². The number of hydrogen-bond donors (Lipinski definition) is 2. The predicted molar refractivity (Wildman–Crippen MR) is 58.6 cm³/mol. The zero-order valence-corrected chi connectivity index (χ0v) is 9.03. The van der Waals surface area contributed by atoms with Gasteiger partial charge in [0.05, 0.1) is 6.20 Å². The Labute approximate surface area is 89.7 Å². The number of nitrogens with zero attached hydrogens (tertiary/aromatic N) is 2. The van der Waals surface area contributed by atoms with Gasteiger partial charge in [-0.15, -0.1) is 5.10 Å². The van der Waals surface area contributed by atoms with Crippen LogP contribution >= 0.6 is 0 Å². The van der Waals surface area contributed by atoms with Gasteiger partial charge in [0, 0.05) is 13.2 Å². The molecule has 0 saturated heterocycles. The van der Waals surface area contributed by atoms with E-state index >= 15 is 0 Å². The van der Waals surface area contributed by atoms with Crippen molar-refractivity contribution in [2.45, 2.75) is 26.2 Å². The molecule has 15 heavy (non-hydrogen) atoms. The fraction of sp³-hybridized carbons (Fsp3) is 0.636. The molecule has 1 heterocycles. The second-order valence-electron chi connectivity index (χ2n) is 4.45. The third-order valence-corrected chi connectivity index (χ3v) is 3.03. The number of hydrogen-bond acceptors (Lipinski definition) is 4. The first-order valence-corrected chi connectivity index (χ1v) is 5.38. The zero-order valence-electron chi connectivity index (χ0n) is 9.03. The van der Waals surface area contributed by atoms with Crippen LogP contribution in [0.3, 0.4) is 0 Å². The Hall–Kier alpha value is -1.16. The molecule has 1 saturated carbocycles. The monoisotopic (exact) mass is 207 g/mol. The number of aromatic nitrogens is 2. The number of nitrogens with one attached hydrogen (secondary N) is 1. The van der Waals surface area contributed by atoms with Gasteiger partial charge in [0.1, 0.15) is 5.82 Å². The maximum atomic E-state index is 8.93.